The van der Waals surface area contributed by atoms with Crippen LogP contribution < -0.4 is 10.5 Å². The van der Waals surface area contributed by atoms with Crippen molar-refractivity contribution in [2.75, 3.05) is 13.6 Å². The van der Waals surface area contributed by atoms with E-state index in [1.165, 1.54) is 18.5 Å². The predicted octanol–water partition coefficient (Wildman–Crippen LogP) is 0.998. The Labute approximate surface area is 129 Å². The molecule has 2 heterocycles. The first-order valence-electron chi connectivity index (χ1n) is 6.95. The largest absolute Gasteiger partial charge is 0.333 e. The standard InChI is InChI=1S/C13H21N3O3S2/c1-9(14)11-5-3-4-6-16(11)13(17)12-7-10(8-20-12)21(18,19)15-2/h7-9,11,15H,3-6,14H2,1-2H3/t9-,11-/m1/s1. The highest BCUT2D eigenvalue weighted by molar-refractivity contribution is 7.89. The third kappa shape index (κ3) is 3.45. The Bertz CT molecular complexity index is 610. The zero-order valence-corrected chi connectivity index (χ0v) is 13.8. The molecule has 1 amide bonds. The molecule has 21 heavy (non-hydrogen) atoms. The third-order valence-corrected chi connectivity index (χ3v) is 6.24. The molecule has 1 aliphatic rings. The van der Waals surface area contributed by atoms with Crippen molar-refractivity contribution in [3.63, 3.8) is 0 Å². The van der Waals surface area contributed by atoms with Gasteiger partial charge in [0, 0.05) is 24.0 Å². The summed E-state index contributed by atoms with van der Waals surface area (Å²) in [4.78, 5) is 15.0. The summed E-state index contributed by atoms with van der Waals surface area (Å²) in [5.41, 5.74) is 5.97. The van der Waals surface area contributed by atoms with Crippen LogP contribution in [0, 0.1) is 0 Å². The van der Waals surface area contributed by atoms with E-state index in [1.54, 1.807) is 4.90 Å². The SMILES string of the molecule is CNS(=O)(=O)c1csc(C(=O)N2CCCC[C@@H]2[C@@H](C)N)c1. The quantitative estimate of drug-likeness (QED) is 0.861. The molecular weight excluding hydrogens is 310 g/mol. The van der Waals surface area contributed by atoms with Gasteiger partial charge in [0.2, 0.25) is 10.0 Å². The number of hydrogen-bond acceptors (Lipinski definition) is 5. The summed E-state index contributed by atoms with van der Waals surface area (Å²) in [5, 5.41) is 1.49. The van der Waals surface area contributed by atoms with Gasteiger partial charge >= 0.3 is 0 Å². The average molecular weight is 331 g/mol. The van der Waals surface area contributed by atoms with Gasteiger partial charge < -0.3 is 10.6 Å². The second-order valence-electron chi connectivity index (χ2n) is 5.28. The molecule has 1 fully saturated rings. The molecule has 0 unspecified atom stereocenters. The maximum Gasteiger partial charge on any atom is 0.264 e. The summed E-state index contributed by atoms with van der Waals surface area (Å²) < 4.78 is 25.7. The van der Waals surface area contributed by atoms with Crippen molar-refractivity contribution in [2.24, 2.45) is 5.73 Å². The summed E-state index contributed by atoms with van der Waals surface area (Å²) in [6.07, 6.45) is 2.93. The van der Waals surface area contributed by atoms with Gasteiger partial charge in [0.1, 0.15) is 0 Å². The van der Waals surface area contributed by atoms with Crippen LogP contribution in [0.4, 0.5) is 0 Å². The van der Waals surface area contributed by atoms with E-state index in [-0.39, 0.29) is 22.9 Å². The van der Waals surface area contributed by atoms with Crippen LogP contribution in [0.1, 0.15) is 35.9 Å². The number of likely N-dealkylation sites (tertiary alicyclic amines) is 1. The molecule has 0 radical (unpaired) electrons. The first-order valence-corrected chi connectivity index (χ1v) is 9.31. The van der Waals surface area contributed by atoms with Crippen LogP contribution in [-0.2, 0) is 10.0 Å². The van der Waals surface area contributed by atoms with Crippen molar-refractivity contribution in [2.45, 2.75) is 43.2 Å². The Morgan fingerprint density at radius 3 is 2.86 bits per heavy atom. The molecule has 2 rings (SSSR count). The number of nitrogens with zero attached hydrogens (tertiary/aromatic N) is 1. The lowest BCUT2D eigenvalue weighted by Crippen LogP contribution is -2.51. The summed E-state index contributed by atoms with van der Waals surface area (Å²) in [6, 6.07) is 1.37. The Morgan fingerprint density at radius 2 is 2.24 bits per heavy atom. The number of amides is 1. The number of thiophene rings is 1. The molecule has 1 aromatic rings. The fraction of sp³-hybridized carbons (Fsp3) is 0.615. The van der Waals surface area contributed by atoms with Gasteiger partial charge in [0.25, 0.3) is 5.91 Å². The van der Waals surface area contributed by atoms with Gasteiger partial charge in [-0.3, -0.25) is 4.79 Å². The second-order valence-corrected chi connectivity index (χ2v) is 8.07. The summed E-state index contributed by atoms with van der Waals surface area (Å²) >= 11 is 1.16. The first-order chi connectivity index (χ1) is 9.86. The van der Waals surface area contributed by atoms with Crippen LogP contribution in [0.25, 0.3) is 0 Å². The van der Waals surface area contributed by atoms with Crippen molar-refractivity contribution >= 4 is 27.3 Å². The lowest BCUT2D eigenvalue weighted by molar-refractivity contribution is 0.0588. The molecule has 3 N–H and O–H groups in total. The van der Waals surface area contributed by atoms with E-state index >= 15 is 0 Å². The summed E-state index contributed by atoms with van der Waals surface area (Å²) in [5.74, 6) is -0.125. The van der Waals surface area contributed by atoms with E-state index < -0.39 is 10.0 Å². The smallest absolute Gasteiger partial charge is 0.264 e. The minimum Gasteiger partial charge on any atom is -0.333 e. The number of rotatable bonds is 4. The van der Waals surface area contributed by atoms with Crippen molar-refractivity contribution in [1.29, 1.82) is 0 Å². The number of nitrogens with one attached hydrogen (secondary N) is 1. The van der Waals surface area contributed by atoms with E-state index in [4.69, 9.17) is 5.73 Å². The second kappa shape index (κ2) is 6.43. The van der Waals surface area contributed by atoms with Crippen LogP contribution in [0.15, 0.2) is 16.3 Å². The van der Waals surface area contributed by atoms with Crippen LogP contribution in [0.2, 0.25) is 0 Å². The van der Waals surface area contributed by atoms with Crippen molar-refractivity contribution in [3.05, 3.63) is 16.3 Å². The zero-order valence-electron chi connectivity index (χ0n) is 12.2. The Kier molecular flexibility index (Phi) is 5.03. The maximum atomic E-state index is 12.6. The summed E-state index contributed by atoms with van der Waals surface area (Å²) in [7, 11) is -2.15. The van der Waals surface area contributed by atoms with Crippen LogP contribution >= 0.6 is 11.3 Å². The molecule has 6 nitrogen and oxygen atoms in total. The van der Waals surface area contributed by atoms with Gasteiger partial charge in [-0.05, 0) is 39.3 Å². The van der Waals surface area contributed by atoms with E-state index in [2.05, 4.69) is 4.72 Å². The predicted molar refractivity (Wildman–Crippen MR) is 82.9 cm³/mol. The van der Waals surface area contributed by atoms with E-state index in [0.717, 1.165) is 30.6 Å². The minimum atomic E-state index is -3.51. The number of piperidine rings is 1. The van der Waals surface area contributed by atoms with E-state index in [1.807, 2.05) is 6.92 Å². The van der Waals surface area contributed by atoms with Gasteiger partial charge in [-0.25, -0.2) is 13.1 Å². The monoisotopic (exact) mass is 331 g/mol. The van der Waals surface area contributed by atoms with Crippen LogP contribution in [0.3, 0.4) is 0 Å². The van der Waals surface area contributed by atoms with E-state index in [0.29, 0.717) is 11.4 Å². The molecule has 118 valence electrons. The molecule has 8 heteroatoms. The average Bonchev–Trinajstić information content (AvgIpc) is 2.97. The van der Waals surface area contributed by atoms with Crippen molar-refractivity contribution in [3.8, 4) is 0 Å². The maximum absolute atomic E-state index is 12.6. The number of sulfonamides is 1. The molecule has 0 aliphatic carbocycles. The molecule has 1 aliphatic heterocycles. The van der Waals surface area contributed by atoms with E-state index in [9.17, 15) is 13.2 Å². The number of carbonyl (C=O) groups is 1. The van der Waals surface area contributed by atoms with Crippen LogP contribution in [-0.4, -0.2) is 44.9 Å². The zero-order chi connectivity index (χ0) is 15.6. The molecule has 2 atom stereocenters. The molecular formula is C13H21N3O3S2. The van der Waals surface area contributed by atoms with Crippen LogP contribution in [0.5, 0.6) is 0 Å². The highest BCUT2D eigenvalue weighted by Gasteiger charge is 2.31. The molecule has 0 saturated carbocycles. The van der Waals surface area contributed by atoms with Crippen molar-refractivity contribution < 1.29 is 13.2 Å². The molecule has 0 aromatic carbocycles. The normalized spacial score (nSPS) is 21.3. The number of nitrogens with two attached hydrogens (primary N) is 1. The Hall–Kier alpha value is -0.960. The fourth-order valence-corrected chi connectivity index (χ4v) is 4.55. The number of carbonyl (C=O) groups excluding carboxylic acids is 1. The Morgan fingerprint density at radius 1 is 1.52 bits per heavy atom. The van der Waals surface area contributed by atoms with Gasteiger partial charge in [0.05, 0.1) is 9.77 Å². The molecule has 0 spiro atoms. The summed E-state index contributed by atoms with van der Waals surface area (Å²) in [6.45, 7) is 2.58. The minimum absolute atomic E-state index is 0.0257. The van der Waals surface area contributed by atoms with Gasteiger partial charge in [0.15, 0.2) is 0 Å². The molecule has 0 bridgehead atoms. The van der Waals surface area contributed by atoms with Gasteiger partial charge in [-0.2, -0.15) is 0 Å². The highest BCUT2D eigenvalue weighted by Crippen LogP contribution is 2.25. The highest BCUT2D eigenvalue weighted by atomic mass is 32.2. The molecule has 1 saturated heterocycles. The van der Waals surface area contributed by atoms with Crippen molar-refractivity contribution in [1.82, 2.24) is 9.62 Å². The number of hydrogen-bond donors (Lipinski definition) is 2. The first kappa shape index (κ1) is 16.4. The third-order valence-electron chi connectivity index (χ3n) is 3.78. The topological polar surface area (TPSA) is 92.5 Å². The Balaban J connectivity index is 2.23. The lowest BCUT2D eigenvalue weighted by atomic mass is 9.97. The lowest BCUT2D eigenvalue weighted by Gasteiger charge is -2.37. The van der Waals surface area contributed by atoms with Gasteiger partial charge in [-0.1, -0.05) is 0 Å². The fourth-order valence-electron chi connectivity index (χ4n) is 2.59. The van der Waals surface area contributed by atoms with Gasteiger partial charge in [-0.15, -0.1) is 11.3 Å². The molecule has 1 aromatic heterocycles.